The van der Waals surface area contributed by atoms with Gasteiger partial charge in [0.2, 0.25) is 0 Å². The molecule has 1 saturated carbocycles. The van der Waals surface area contributed by atoms with E-state index in [1.165, 1.54) is 12.1 Å². The van der Waals surface area contributed by atoms with Crippen molar-refractivity contribution >= 4 is 11.7 Å². The Kier molecular flexibility index (Phi) is 4.17. The molecule has 2 unspecified atom stereocenters. The van der Waals surface area contributed by atoms with E-state index in [4.69, 9.17) is 0 Å². The number of nitrogens with one attached hydrogen (secondary N) is 1. The summed E-state index contributed by atoms with van der Waals surface area (Å²) in [6.45, 7) is 5.50. The first-order chi connectivity index (χ1) is 12.8. The van der Waals surface area contributed by atoms with Crippen molar-refractivity contribution in [2.24, 2.45) is 5.41 Å². The number of aromatic nitrogens is 2. The van der Waals surface area contributed by atoms with Crippen molar-refractivity contribution in [2.75, 3.05) is 6.54 Å². The third kappa shape index (κ3) is 3.07. The fourth-order valence-electron chi connectivity index (χ4n) is 4.19. The van der Waals surface area contributed by atoms with Crippen LogP contribution in [0, 0.1) is 11.2 Å². The van der Waals surface area contributed by atoms with Crippen LogP contribution in [0.1, 0.15) is 73.6 Å². The van der Waals surface area contributed by atoms with E-state index in [0.717, 1.165) is 36.2 Å². The van der Waals surface area contributed by atoms with Crippen LogP contribution in [-0.4, -0.2) is 28.0 Å². The van der Waals surface area contributed by atoms with Crippen molar-refractivity contribution in [1.29, 1.82) is 0 Å². The lowest BCUT2D eigenvalue weighted by atomic mass is 9.91. The van der Waals surface area contributed by atoms with Gasteiger partial charge in [-0.05, 0) is 49.4 Å². The van der Waals surface area contributed by atoms with Gasteiger partial charge in [0.1, 0.15) is 5.82 Å². The number of ketones is 1. The maximum Gasteiger partial charge on any atom is 0.272 e. The first-order valence-corrected chi connectivity index (χ1v) is 9.46. The van der Waals surface area contributed by atoms with Crippen molar-refractivity contribution < 1.29 is 14.0 Å². The van der Waals surface area contributed by atoms with Gasteiger partial charge in [-0.25, -0.2) is 9.07 Å². The average Bonchev–Trinajstić information content (AvgIpc) is 3.31. The van der Waals surface area contributed by atoms with Gasteiger partial charge in [-0.15, -0.1) is 0 Å². The molecule has 1 fully saturated rings. The fourth-order valence-corrected chi connectivity index (χ4v) is 4.19. The zero-order valence-electron chi connectivity index (χ0n) is 15.9. The molecule has 1 heterocycles. The van der Waals surface area contributed by atoms with Gasteiger partial charge in [0.15, 0.2) is 11.5 Å². The summed E-state index contributed by atoms with van der Waals surface area (Å²) in [5.74, 6) is 0.102. The summed E-state index contributed by atoms with van der Waals surface area (Å²) in [7, 11) is 0. The molecule has 27 heavy (non-hydrogen) atoms. The van der Waals surface area contributed by atoms with E-state index in [9.17, 15) is 14.0 Å². The highest BCUT2D eigenvalue weighted by molar-refractivity contribution is 5.98. The number of hydrogen-bond acceptors (Lipinski definition) is 3. The van der Waals surface area contributed by atoms with Crippen LogP contribution in [0.4, 0.5) is 4.39 Å². The molecule has 1 aromatic carbocycles. The van der Waals surface area contributed by atoms with E-state index < -0.39 is 5.41 Å². The molecule has 6 heteroatoms. The lowest BCUT2D eigenvalue weighted by molar-refractivity contribution is -0.125. The van der Waals surface area contributed by atoms with Crippen molar-refractivity contribution in [3.8, 4) is 5.69 Å². The van der Waals surface area contributed by atoms with E-state index in [1.54, 1.807) is 16.8 Å². The van der Waals surface area contributed by atoms with Crippen LogP contribution in [0.5, 0.6) is 0 Å². The zero-order valence-corrected chi connectivity index (χ0v) is 15.9. The Morgan fingerprint density at radius 3 is 2.52 bits per heavy atom. The first-order valence-electron chi connectivity index (χ1n) is 9.46. The molecule has 1 N–H and O–H groups in total. The normalized spacial score (nSPS) is 20.6. The van der Waals surface area contributed by atoms with Crippen LogP contribution < -0.4 is 5.32 Å². The molecule has 1 aromatic heterocycles. The number of hydrogen-bond donors (Lipinski definition) is 1. The van der Waals surface area contributed by atoms with Crippen molar-refractivity contribution in [1.82, 2.24) is 15.1 Å². The molecule has 5 nitrogen and oxygen atoms in total. The topological polar surface area (TPSA) is 64.0 Å². The molecule has 4 rings (SSSR count). The van der Waals surface area contributed by atoms with Gasteiger partial charge in [0.25, 0.3) is 5.91 Å². The number of carbonyl (C=O) groups is 2. The molecule has 2 aliphatic carbocycles. The highest BCUT2D eigenvalue weighted by Gasteiger charge is 2.44. The molecule has 0 spiro atoms. The molecule has 2 aromatic rings. The Hall–Kier alpha value is -2.50. The fraction of sp³-hybridized carbons (Fsp3) is 0.476. The van der Waals surface area contributed by atoms with Gasteiger partial charge >= 0.3 is 0 Å². The molecule has 2 atom stereocenters. The van der Waals surface area contributed by atoms with E-state index in [-0.39, 0.29) is 24.1 Å². The van der Waals surface area contributed by atoms with Crippen molar-refractivity contribution in [2.45, 2.75) is 51.9 Å². The molecular formula is C21H24FN3O2. The standard InChI is InChI=1S/C21H24FN3O2/c1-21(2,3)16(26)11-23-20(27)18-17-12-4-5-13(10-12)19(17)25(24-18)15-8-6-14(22)7-9-15/h6-9,12-13H,4-5,10-11H2,1-3H3,(H,23,27). The Morgan fingerprint density at radius 1 is 1.19 bits per heavy atom. The predicted octanol–water partition coefficient (Wildman–Crippen LogP) is 3.72. The molecule has 2 bridgehead atoms. The van der Waals surface area contributed by atoms with Gasteiger partial charge < -0.3 is 5.32 Å². The Morgan fingerprint density at radius 2 is 1.85 bits per heavy atom. The second-order valence-corrected chi connectivity index (χ2v) is 8.60. The largest absolute Gasteiger partial charge is 0.344 e. The number of carbonyl (C=O) groups excluding carboxylic acids is 2. The quantitative estimate of drug-likeness (QED) is 0.893. The minimum Gasteiger partial charge on any atom is -0.344 e. The molecule has 0 saturated heterocycles. The van der Waals surface area contributed by atoms with Crippen LogP contribution in [0.25, 0.3) is 5.69 Å². The monoisotopic (exact) mass is 369 g/mol. The van der Waals surface area contributed by atoms with E-state index in [0.29, 0.717) is 17.5 Å². The summed E-state index contributed by atoms with van der Waals surface area (Å²) in [5, 5.41) is 7.33. The highest BCUT2D eigenvalue weighted by atomic mass is 19.1. The van der Waals surface area contributed by atoms with Gasteiger partial charge in [-0.2, -0.15) is 5.10 Å². The van der Waals surface area contributed by atoms with Crippen molar-refractivity contribution in [3.05, 3.63) is 47.0 Å². The Balaban J connectivity index is 1.67. The summed E-state index contributed by atoms with van der Waals surface area (Å²) < 4.78 is 15.1. The van der Waals surface area contributed by atoms with Gasteiger partial charge in [-0.1, -0.05) is 20.8 Å². The minimum atomic E-state index is -0.498. The molecule has 142 valence electrons. The number of fused-ring (bicyclic) bond motifs is 5. The average molecular weight is 369 g/mol. The third-order valence-electron chi connectivity index (χ3n) is 5.72. The van der Waals surface area contributed by atoms with E-state index in [1.807, 2.05) is 20.8 Å². The summed E-state index contributed by atoms with van der Waals surface area (Å²) in [5.41, 5.74) is 2.75. The van der Waals surface area contributed by atoms with Gasteiger partial charge in [-0.3, -0.25) is 9.59 Å². The van der Waals surface area contributed by atoms with Crippen molar-refractivity contribution in [3.63, 3.8) is 0 Å². The lowest BCUT2D eigenvalue weighted by Crippen LogP contribution is -2.36. The van der Waals surface area contributed by atoms with Gasteiger partial charge in [0, 0.05) is 16.9 Å². The molecule has 0 radical (unpaired) electrons. The summed E-state index contributed by atoms with van der Waals surface area (Å²) >= 11 is 0. The first kappa shape index (κ1) is 17.9. The molecule has 2 aliphatic rings. The van der Waals surface area contributed by atoms with Crippen LogP contribution in [0.3, 0.4) is 0 Å². The summed E-state index contributed by atoms with van der Waals surface area (Å²) in [6, 6.07) is 6.16. The second kappa shape index (κ2) is 6.29. The number of nitrogens with zero attached hydrogens (tertiary/aromatic N) is 2. The van der Waals surface area contributed by atoms with Gasteiger partial charge in [0.05, 0.1) is 17.9 Å². The number of benzene rings is 1. The Bertz CT molecular complexity index is 909. The van der Waals surface area contributed by atoms with E-state index in [2.05, 4.69) is 10.4 Å². The summed E-state index contributed by atoms with van der Waals surface area (Å²) in [6.07, 6.45) is 3.19. The second-order valence-electron chi connectivity index (χ2n) is 8.60. The smallest absolute Gasteiger partial charge is 0.272 e. The number of rotatable bonds is 4. The predicted molar refractivity (Wildman–Crippen MR) is 99.7 cm³/mol. The lowest BCUT2D eigenvalue weighted by Gasteiger charge is -2.17. The van der Waals surface area contributed by atoms with Crippen LogP contribution in [0.2, 0.25) is 0 Å². The number of Topliss-reactive ketones (excluding diaryl/α,β-unsaturated/α-hetero) is 1. The zero-order chi connectivity index (χ0) is 19.3. The number of amides is 1. The molecule has 1 amide bonds. The maximum atomic E-state index is 13.3. The third-order valence-corrected chi connectivity index (χ3v) is 5.72. The van der Waals surface area contributed by atoms with E-state index >= 15 is 0 Å². The minimum absolute atomic E-state index is 0.00535. The SMILES string of the molecule is CC(C)(C)C(=O)CNC(=O)c1nn(-c2ccc(F)cc2)c2c1C1CCC2C1. The number of halogens is 1. The van der Waals surface area contributed by atoms with Crippen LogP contribution in [-0.2, 0) is 4.79 Å². The summed E-state index contributed by atoms with van der Waals surface area (Å²) in [4.78, 5) is 25.0. The molecule has 0 aliphatic heterocycles. The Labute approximate surface area is 158 Å². The molecular weight excluding hydrogens is 345 g/mol. The van der Waals surface area contributed by atoms with Crippen LogP contribution >= 0.6 is 0 Å². The van der Waals surface area contributed by atoms with Crippen LogP contribution in [0.15, 0.2) is 24.3 Å². The maximum absolute atomic E-state index is 13.3. The highest BCUT2D eigenvalue weighted by Crippen LogP contribution is 2.54.